The van der Waals surface area contributed by atoms with Gasteiger partial charge in [0.05, 0.1) is 11.8 Å². The molecule has 1 fully saturated rings. The number of aryl methyl sites for hydroxylation is 2. The number of ether oxygens (including phenoxy) is 1. The monoisotopic (exact) mass is 329 g/mol. The van der Waals surface area contributed by atoms with Crippen molar-refractivity contribution in [2.75, 3.05) is 18.6 Å². The molecule has 7 nitrogen and oxygen atoms in total. The molecule has 0 aromatic carbocycles. The van der Waals surface area contributed by atoms with Gasteiger partial charge in [-0.15, -0.1) is 0 Å². The Labute approximate surface area is 141 Å². The maximum absolute atomic E-state index is 12.5. The summed E-state index contributed by atoms with van der Waals surface area (Å²) in [5, 5.41) is 4.08. The van der Waals surface area contributed by atoms with E-state index in [1.165, 1.54) is 0 Å². The fraction of sp³-hybridized carbons (Fsp3) is 0.529. The van der Waals surface area contributed by atoms with Gasteiger partial charge in [-0.1, -0.05) is 0 Å². The average Bonchev–Trinajstić information content (AvgIpc) is 3.16. The quantitative estimate of drug-likeness (QED) is 0.754. The van der Waals surface area contributed by atoms with Crippen LogP contribution in [0.5, 0.6) is 0 Å². The van der Waals surface area contributed by atoms with Crippen LogP contribution >= 0.6 is 0 Å². The minimum Gasteiger partial charge on any atom is -0.377 e. The van der Waals surface area contributed by atoms with E-state index < -0.39 is 0 Å². The number of nitrogens with zero attached hydrogens (tertiary/aromatic N) is 5. The molecule has 7 heteroatoms. The molecule has 0 aliphatic carbocycles. The number of Topliss-reactive ketones (excluding diaryl/α,β-unsaturated/α-hetero) is 1. The van der Waals surface area contributed by atoms with Crippen molar-refractivity contribution in [1.29, 1.82) is 0 Å². The normalized spacial score (nSPS) is 17.5. The van der Waals surface area contributed by atoms with E-state index >= 15 is 0 Å². The molecular formula is C17H23N5O2. The summed E-state index contributed by atoms with van der Waals surface area (Å²) in [6.45, 7) is 3.26. The topological polar surface area (TPSA) is 73.1 Å². The van der Waals surface area contributed by atoms with Crippen LogP contribution in [0.25, 0.3) is 0 Å². The van der Waals surface area contributed by atoms with Gasteiger partial charge in [0.2, 0.25) is 0 Å². The van der Waals surface area contributed by atoms with E-state index in [-0.39, 0.29) is 11.8 Å². The van der Waals surface area contributed by atoms with E-state index in [1.54, 1.807) is 24.2 Å². The Bertz CT molecular complexity index is 728. The Balaban J connectivity index is 1.77. The van der Waals surface area contributed by atoms with Gasteiger partial charge in [-0.3, -0.25) is 9.48 Å². The van der Waals surface area contributed by atoms with E-state index in [0.717, 1.165) is 30.9 Å². The number of carbonyl (C=O) groups excluding carboxylic acids is 1. The smallest absolute Gasteiger partial charge is 0.168 e. The summed E-state index contributed by atoms with van der Waals surface area (Å²) in [6, 6.07) is 2.15. The van der Waals surface area contributed by atoms with Crippen LogP contribution in [0.4, 0.5) is 5.82 Å². The number of hydrogen-bond donors (Lipinski definition) is 0. The minimum atomic E-state index is 0.128. The average molecular weight is 329 g/mol. The number of anilines is 1. The highest BCUT2D eigenvalue weighted by atomic mass is 16.5. The van der Waals surface area contributed by atoms with Gasteiger partial charge in [0.15, 0.2) is 11.6 Å². The molecule has 24 heavy (non-hydrogen) atoms. The molecule has 1 atom stereocenters. The van der Waals surface area contributed by atoms with Crippen LogP contribution < -0.4 is 4.90 Å². The van der Waals surface area contributed by atoms with Crippen molar-refractivity contribution >= 4 is 11.6 Å². The second-order valence-electron chi connectivity index (χ2n) is 6.24. The summed E-state index contributed by atoms with van der Waals surface area (Å²) >= 11 is 0. The molecule has 0 saturated carbocycles. The van der Waals surface area contributed by atoms with Crippen LogP contribution in [-0.4, -0.2) is 45.2 Å². The van der Waals surface area contributed by atoms with Gasteiger partial charge in [-0.2, -0.15) is 5.10 Å². The van der Waals surface area contributed by atoms with Crippen LogP contribution in [0.1, 0.15) is 41.1 Å². The molecule has 0 radical (unpaired) electrons. The first-order valence-electron chi connectivity index (χ1n) is 8.19. The third kappa shape index (κ3) is 3.62. The Morgan fingerprint density at radius 2 is 2.25 bits per heavy atom. The highest BCUT2D eigenvalue weighted by Crippen LogP contribution is 2.27. The highest BCUT2D eigenvalue weighted by molar-refractivity contribution is 5.96. The van der Waals surface area contributed by atoms with E-state index in [9.17, 15) is 4.79 Å². The minimum absolute atomic E-state index is 0.128. The predicted octanol–water partition coefficient (Wildman–Crippen LogP) is 1.91. The third-order valence-corrected chi connectivity index (χ3v) is 4.28. The van der Waals surface area contributed by atoms with Gasteiger partial charge in [0.1, 0.15) is 12.4 Å². The van der Waals surface area contributed by atoms with Crippen molar-refractivity contribution < 1.29 is 9.53 Å². The van der Waals surface area contributed by atoms with Crippen molar-refractivity contribution in [2.45, 2.75) is 38.8 Å². The molecule has 0 bridgehead atoms. The standard InChI is InChI=1S/C17H23N5O2/c1-12-7-17(20-16(19-12)11-24-3)22-6-4-5-14(22)8-15(23)13-9-18-21(2)10-13/h7,9-10,14H,4-6,8,11H2,1-3H3. The zero-order valence-corrected chi connectivity index (χ0v) is 14.4. The first-order chi connectivity index (χ1) is 11.6. The van der Waals surface area contributed by atoms with Crippen LogP contribution in [-0.2, 0) is 18.4 Å². The summed E-state index contributed by atoms with van der Waals surface area (Å²) in [5.41, 5.74) is 1.58. The fourth-order valence-electron chi connectivity index (χ4n) is 3.20. The molecule has 2 aromatic rings. The van der Waals surface area contributed by atoms with Crippen LogP contribution in [0.2, 0.25) is 0 Å². The second-order valence-corrected chi connectivity index (χ2v) is 6.24. The Kier molecular flexibility index (Phi) is 4.89. The van der Waals surface area contributed by atoms with Crippen LogP contribution in [0, 0.1) is 6.92 Å². The molecule has 1 saturated heterocycles. The molecule has 0 N–H and O–H groups in total. The summed E-state index contributed by atoms with van der Waals surface area (Å²) < 4.78 is 6.80. The van der Waals surface area contributed by atoms with Gasteiger partial charge in [-0.05, 0) is 19.8 Å². The molecule has 3 rings (SSSR count). The largest absolute Gasteiger partial charge is 0.377 e. The molecule has 1 aliphatic heterocycles. The Morgan fingerprint density at radius 3 is 2.96 bits per heavy atom. The van der Waals surface area contributed by atoms with Crippen molar-refractivity contribution in [2.24, 2.45) is 7.05 Å². The fourth-order valence-corrected chi connectivity index (χ4v) is 3.20. The lowest BCUT2D eigenvalue weighted by molar-refractivity contribution is 0.0974. The van der Waals surface area contributed by atoms with E-state index in [1.807, 2.05) is 20.0 Å². The van der Waals surface area contributed by atoms with Crippen molar-refractivity contribution in [3.8, 4) is 0 Å². The van der Waals surface area contributed by atoms with E-state index in [4.69, 9.17) is 4.74 Å². The van der Waals surface area contributed by atoms with Gasteiger partial charge in [0, 0.05) is 51.1 Å². The predicted molar refractivity (Wildman–Crippen MR) is 90.0 cm³/mol. The van der Waals surface area contributed by atoms with Crippen LogP contribution in [0.15, 0.2) is 18.5 Å². The number of methoxy groups -OCH3 is 1. The summed E-state index contributed by atoms with van der Waals surface area (Å²) in [6.07, 6.45) is 5.94. The highest BCUT2D eigenvalue weighted by Gasteiger charge is 2.28. The zero-order valence-electron chi connectivity index (χ0n) is 14.4. The lowest BCUT2D eigenvalue weighted by atomic mass is 10.0. The summed E-state index contributed by atoms with van der Waals surface area (Å²) in [7, 11) is 3.45. The third-order valence-electron chi connectivity index (χ3n) is 4.28. The molecule has 1 aliphatic rings. The number of carbonyl (C=O) groups is 1. The number of hydrogen-bond acceptors (Lipinski definition) is 6. The maximum atomic E-state index is 12.5. The van der Waals surface area contributed by atoms with E-state index in [2.05, 4.69) is 20.0 Å². The van der Waals surface area contributed by atoms with Gasteiger partial charge < -0.3 is 9.64 Å². The molecule has 128 valence electrons. The SMILES string of the molecule is COCc1nc(C)cc(N2CCCC2CC(=O)c2cnn(C)c2)n1. The molecular weight excluding hydrogens is 306 g/mol. The Hall–Kier alpha value is -2.28. The van der Waals surface area contributed by atoms with Gasteiger partial charge in [0.25, 0.3) is 0 Å². The summed E-state index contributed by atoms with van der Waals surface area (Å²) in [5.74, 6) is 1.69. The molecule has 1 unspecified atom stereocenters. The Morgan fingerprint density at radius 1 is 1.42 bits per heavy atom. The lowest BCUT2D eigenvalue weighted by Crippen LogP contribution is -2.32. The number of aromatic nitrogens is 4. The van der Waals surface area contributed by atoms with Gasteiger partial charge in [-0.25, -0.2) is 9.97 Å². The summed E-state index contributed by atoms with van der Waals surface area (Å²) in [4.78, 5) is 23.7. The van der Waals surface area contributed by atoms with E-state index in [0.29, 0.717) is 24.4 Å². The number of rotatable bonds is 6. The van der Waals surface area contributed by atoms with Crippen molar-refractivity contribution in [3.05, 3.63) is 35.5 Å². The zero-order chi connectivity index (χ0) is 17.1. The van der Waals surface area contributed by atoms with Crippen molar-refractivity contribution in [3.63, 3.8) is 0 Å². The molecule has 0 amide bonds. The molecule has 2 aromatic heterocycles. The molecule has 3 heterocycles. The molecule has 0 spiro atoms. The lowest BCUT2D eigenvalue weighted by Gasteiger charge is -2.25. The number of ketones is 1. The maximum Gasteiger partial charge on any atom is 0.168 e. The first kappa shape index (κ1) is 16.6. The van der Waals surface area contributed by atoms with Crippen LogP contribution in [0.3, 0.4) is 0 Å². The second kappa shape index (κ2) is 7.09. The van der Waals surface area contributed by atoms with Gasteiger partial charge >= 0.3 is 0 Å². The van der Waals surface area contributed by atoms with Crippen molar-refractivity contribution in [1.82, 2.24) is 19.7 Å². The first-order valence-corrected chi connectivity index (χ1v) is 8.19.